The molecule has 190 valence electrons. The minimum atomic E-state index is -4.67. The first kappa shape index (κ1) is 25.8. The standard InChI is InChI=1S/C27H27ClF3N3O2/c1-36-23-13-11-19(15-22(23)27(29,30)31)26(16-18-7-3-2-4-8-18,24-14-12-20(28)17-32-24)34-25(35)33-21-9-5-6-10-21/h2-4,7-8,11-15,17,21H,5-6,9-10,16H2,1H3,(H2,33,34,35)/t26-/m0/s1. The quantitative estimate of drug-likeness (QED) is 0.376. The highest BCUT2D eigenvalue weighted by Crippen LogP contribution is 2.41. The van der Waals surface area contributed by atoms with Crippen molar-refractivity contribution in [1.82, 2.24) is 15.6 Å². The number of carbonyl (C=O) groups is 1. The maximum absolute atomic E-state index is 14.0. The monoisotopic (exact) mass is 517 g/mol. The van der Waals surface area contributed by atoms with Gasteiger partial charge in [-0.1, -0.05) is 60.8 Å². The van der Waals surface area contributed by atoms with Crippen LogP contribution in [0.25, 0.3) is 0 Å². The minimum Gasteiger partial charge on any atom is -0.496 e. The Morgan fingerprint density at radius 1 is 1.08 bits per heavy atom. The molecule has 2 N–H and O–H groups in total. The summed E-state index contributed by atoms with van der Waals surface area (Å²) < 4.78 is 47.0. The van der Waals surface area contributed by atoms with Crippen LogP contribution in [0.1, 0.15) is 48.1 Å². The second-order valence-corrected chi connectivity index (χ2v) is 9.36. The summed E-state index contributed by atoms with van der Waals surface area (Å²) in [5.74, 6) is -0.306. The van der Waals surface area contributed by atoms with Crippen molar-refractivity contribution in [2.24, 2.45) is 0 Å². The van der Waals surface area contributed by atoms with Gasteiger partial charge in [0.05, 0.1) is 23.4 Å². The van der Waals surface area contributed by atoms with Gasteiger partial charge in [0.1, 0.15) is 11.3 Å². The predicted molar refractivity (Wildman–Crippen MR) is 132 cm³/mol. The first-order chi connectivity index (χ1) is 17.2. The molecule has 0 aliphatic heterocycles. The summed E-state index contributed by atoms with van der Waals surface area (Å²) in [7, 11) is 1.19. The Bertz CT molecular complexity index is 1180. The molecule has 0 radical (unpaired) electrons. The van der Waals surface area contributed by atoms with Gasteiger partial charge in [0.15, 0.2) is 0 Å². The molecule has 1 fully saturated rings. The molecule has 5 nitrogen and oxygen atoms in total. The van der Waals surface area contributed by atoms with E-state index in [1.54, 1.807) is 12.1 Å². The highest BCUT2D eigenvalue weighted by molar-refractivity contribution is 6.30. The zero-order valence-corrected chi connectivity index (χ0v) is 20.5. The molecule has 0 saturated heterocycles. The number of alkyl halides is 3. The summed E-state index contributed by atoms with van der Waals surface area (Å²) in [4.78, 5) is 17.8. The molecule has 2 aromatic carbocycles. The molecule has 1 aromatic heterocycles. The van der Waals surface area contributed by atoms with Crippen molar-refractivity contribution in [3.63, 3.8) is 0 Å². The molecular weight excluding hydrogens is 491 g/mol. The van der Waals surface area contributed by atoms with Gasteiger partial charge in [-0.3, -0.25) is 4.98 Å². The third-order valence-electron chi connectivity index (χ3n) is 6.49. The van der Waals surface area contributed by atoms with Gasteiger partial charge < -0.3 is 15.4 Å². The number of urea groups is 1. The lowest BCUT2D eigenvalue weighted by Gasteiger charge is -2.36. The van der Waals surface area contributed by atoms with Crippen molar-refractivity contribution < 1.29 is 22.7 Å². The van der Waals surface area contributed by atoms with Crippen LogP contribution in [0.4, 0.5) is 18.0 Å². The minimum absolute atomic E-state index is 0.0132. The molecule has 0 spiro atoms. The van der Waals surface area contributed by atoms with Crippen LogP contribution in [0.5, 0.6) is 5.75 Å². The highest BCUT2D eigenvalue weighted by Gasteiger charge is 2.42. The van der Waals surface area contributed by atoms with E-state index in [9.17, 15) is 18.0 Å². The number of aromatic nitrogens is 1. The zero-order valence-electron chi connectivity index (χ0n) is 19.7. The van der Waals surface area contributed by atoms with Gasteiger partial charge in [0.25, 0.3) is 0 Å². The maximum atomic E-state index is 14.0. The number of rotatable bonds is 7. The van der Waals surface area contributed by atoms with E-state index < -0.39 is 23.3 Å². The Kier molecular flexibility index (Phi) is 7.73. The van der Waals surface area contributed by atoms with Crippen LogP contribution in [-0.4, -0.2) is 24.2 Å². The lowest BCUT2D eigenvalue weighted by molar-refractivity contribution is -0.138. The number of benzene rings is 2. The van der Waals surface area contributed by atoms with Crippen molar-refractivity contribution in [2.45, 2.75) is 49.9 Å². The summed E-state index contributed by atoms with van der Waals surface area (Å²) in [5, 5.41) is 6.37. The fourth-order valence-corrected chi connectivity index (χ4v) is 4.84. The second kappa shape index (κ2) is 10.8. The van der Waals surface area contributed by atoms with Crippen LogP contribution >= 0.6 is 11.6 Å². The van der Waals surface area contributed by atoms with E-state index in [-0.39, 0.29) is 23.8 Å². The normalized spacial score (nSPS) is 15.8. The Hall–Kier alpha value is -3.26. The summed E-state index contributed by atoms with van der Waals surface area (Å²) in [6.45, 7) is 0. The van der Waals surface area contributed by atoms with Gasteiger partial charge >= 0.3 is 12.2 Å². The molecule has 1 atom stereocenters. The molecule has 0 unspecified atom stereocenters. The number of hydrogen-bond acceptors (Lipinski definition) is 3. The van der Waals surface area contributed by atoms with E-state index in [0.717, 1.165) is 37.3 Å². The first-order valence-electron chi connectivity index (χ1n) is 11.7. The van der Waals surface area contributed by atoms with Gasteiger partial charge in [-0.25, -0.2) is 4.79 Å². The van der Waals surface area contributed by atoms with E-state index >= 15 is 0 Å². The number of nitrogens with zero attached hydrogens (tertiary/aromatic N) is 1. The van der Waals surface area contributed by atoms with Crippen LogP contribution in [0.2, 0.25) is 5.02 Å². The van der Waals surface area contributed by atoms with Crippen LogP contribution in [0.3, 0.4) is 0 Å². The summed E-state index contributed by atoms with van der Waals surface area (Å²) in [6.07, 6.45) is 0.668. The topological polar surface area (TPSA) is 63.2 Å². The summed E-state index contributed by atoms with van der Waals surface area (Å²) >= 11 is 6.08. The van der Waals surface area contributed by atoms with Crippen molar-refractivity contribution in [1.29, 1.82) is 0 Å². The van der Waals surface area contributed by atoms with E-state index in [1.807, 2.05) is 30.3 Å². The van der Waals surface area contributed by atoms with E-state index in [0.29, 0.717) is 10.7 Å². The number of ether oxygens (including phenoxy) is 1. The Balaban J connectivity index is 1.89. The molecule has 0 bridgehead atoms. The average molecular weight is 518 g/mol. The van der Waals surface area contributed by atoms with E-state index in [4.69, 9.17) is 16.3 Å². The number of carbonyl (C=O) groups excluding carboxylic acids is 1. The predicted octanol–water partition coefficient (Wildman–Crippen LogP) is 6.49. The third-order valence-corrected chi connectivity index (χ3v) is 6.72. The molecule has 36 heavy (non-hydrogen) atoms. The summed E-state index contributed by atoms with van der Waals surface area (Å²) in [5.41, 5.74) is -0.987. The zero-order chi connectivity index (χ0) is 25.8. The Morgan fingerprint density at radius 3 is 2.42 bits per heavy atom. The smallest absolute Gasteiger partial charge is 0.419 e. The number of halogens is 4. The highest BCUT2D eigenvalue weighted by atomic mass is 35.5. The largest absolute Gasteiger partial charge is 0.496 e. The van der Waals surface area contributed by atoms with Gasteiger partial charge in [0, 0.05) is 18.7 Å². The summed E-state index contributed by atoms with van der Waals surface area (Å²) in [6, 6.07) is 15.8. The van der Waals surface area contributed by atoms with Crippen molar-refractivity contribution >= 4 is 17.6 Å². The molecule has 9 heteroatoms. The van der Waals surface area contributed by atoms with Crippen LogP contribution in [0, 0.1) is 0 Å². The number of nitrogens with one attached hydrogen (secondary N) is 2. The molecular formula is C27H27ClF3N3O2. The number of amides is 2. The van der Waals surface area contributed by atoms with Crippen LogP contribution < -0.4 is 15.4 Å². The van der Waals surface area contributed by atoms with Crippen molar-refractivity contribution in [3.8, 4) is 5.75 Å². The first-order valence-corrected chi connectivity index (χ1v) is 12.1. The van der Waals surface area contributed by atoms with Crippen LogP contribution in [0.15, 0.2) is 66.9 Å². The number of methoxy groups -OCH3 is 1. The van der Waals surface area contributed by atoms with Crippen LogP contribution in [-0.2, 0) is 18.1 Å². The van der Waals surface area contributed by atoms with Crippen molar-refractivity contribution in [2.75, 3.05) is 7.11 Å². The van der Waals surface area contributed by atoms with Gasteiger partial charge in [-0.2, -0.15) is 13.2 Å². The molecule has 1 heterocycles. The lowest BCUT2D eigenvalue weighted by atomic mass is 9.79. The van der Waals surface area contributed by atoms with Crippen molar-refractivity contribution in [3.05, 3.63) is 94.3 Å². The number of pyridine rings is 1. The Morgan fingerprint density at radius 2 is 1.81 bits per heavy atom. The molecule has 3 aromatic rings. The van der Waals surface area contributed by atoms with E-state index in [1.165, 1.54) is 25.4 Å². The lowest BCUT2D eigenvalue weighted by Crippen LogP contribution is -2.54. The molecule has 4 rings (SSSR count). The van der Waals surface area contributed by atoms with Gasteiger partial charge in [0.2, 0.25) is 0 Å². The number of hydrogen-bond donors (Lipinski definition) is 2. The van der Waals surface area contributed by atoms with E-state index in [2.05, 4.69) is 15.6 Å². The Labute approximate surface area is 213 Å². The molecule has 2 amide bonds. The van der Waals surface area contributed by atoms with Gasteiger partial charge in [-0.05, 0) is 48.2 Å². The third kappa shape index (κ3) is 5.75. The fraction of sp³-hybridized carbons (Fsp3) is 0.333. The maximum Gasteiger partial charge on any atom is 0.419 e. The van der Waals surface area contributed by atoms with Gasteiger partial charge in [-0.15, -0.1) is 0 Å². The SMILES string of the molecule is COc1ccc([C@](Cc2ccccc2)(NC(=O)NC2CCCC2)c2ccc(Cl)cn2)cc1C(F)(F)F. The fourth-order valence-electron chi connectivity index (χ4n) is 4.73. The molecule has 1 saturated carbocycles. The molecule has 1 aliphatic rings. The molecule has 1 aliphatic carbocycles. The second-order valence-electron chi connectivity index (χ2n) is 8.92. The average Bonchev–Trinajstić information content (AvgIpc) is 3.36.